The minimum atomic E-state index is -0.773. The highest BCUT2D eigenvalue weighted by molar-refractivity contribution is 8.19. The number of benzene rings is 2. The van der Waals surface area contributed by atoms with Gasteiger partial charge in [0.1, 0.15) is 0 Å². The molecule has 1 aliphatic heterocycles. The van der Waals surface area contributed by atoms with Crippen LogP contribution in [-0.4, -0.2) is 28.3 Å². The summed E-state index contributed by atoms with van der Waals surface area (Å²) in [7, 11) is 1.24. The van der Waals surface area contributed by atoms with Crippen LogP contribution in [0.2, 0.25) is 5.02 Å². The van der Waals surface area contributed by atoms with Crippen LogP contribution in [0.1, 0.15) is 5.56 Å². The standard InChI is InChI=1S/C17H11ClN2O6S/c1-26-13-7-9(6-12(15(13)21)20(24)25)8-14-16(22)19(17(23)27-14)11-5-3-2-4-10(11)18/h2-8,21H,1H3/b14-8+. The first-order valence-corrected chi connectivity index (χ1v) is 8.60. The van der Waals surface area contributed by atoms with E-state index in [0.717, 1.165) is 11.0 Å². The van der Waals surface area contributed by atoms with E-state index >= 15 is 0 Å². The molecule has 0 spiro atoms. The zero-order valence-corrected chi connectivity index (χ0v) is 15.3. The molecule has 0 radical (unpaired) electrons. The Labute approximate surface area is 162 Å². The van der Waals surface area contributed by atoms with Gasteiger partial charge in [0.05, 0.1) is 27.6 Å². The lowest BCUT2D eigenvalue weighted by molar-refractivity contribution is -0.386. The molecule has 3 rings (SSSR count). The summed E-state index contributed by atoms with van der Waals surface area (Å²) < 4.78 is 4.92. The van der Waals surface area contributed by atoms with Crippen molar-refractivity contribution in [3.63, 3.8) is 0 Å². The van der Waals surface area contributed by atoms with Gasteiger partial charge in [-0.1, -0.05) is 23.7 Å². The van der Waals surface area contributed by atoms with Crippen LogP contribution in [-0.2, 0) is 4.79 Å². The number of hydrogen-bond acceptors (Lipinski definition) is 7. The molecule has 0 bridgehead atoms. The van der Waals surface area contributed by atoms with Gasteiger partial charge < -0.3 is 9.84 Å². The van der Waals surface area contributed by atoms with Gasteiger partial charge in [-0.15, -0.1) is 0 Å². The summed E-state index contributed by atoms with van der Waals surface area (Å²) in [6.07, 6.45) is 1.32. The van der Waals surface area contributed by atoms with Crippen LogP contribution in [0.4, 0.5) is 16.2 Å². The lowest BCUT2D eigenvalue weighted by atomic mass is 10.1. The van der Waals surface area contributed by atoms with Gasteiger partial charge in [-0.25, -0.2) is 4.90 Å². The number of nitro groups is 1. The predicted molar refractivity (Wildman–Crippen MR) is 101 cm³/mol. The van der Waals surface area contributed by atoms with Gasteiger partial charge in [0.15, 0.2) is 5.75 Å². The number of nitrogens with zero attached hydrogens (tertiary/aromatic N) is 2. The third-order valence-corrected chi connectivity index (χ3v) is 4.87. The quantitative estimate of drug-likeness (QED) is 0.460. The van der Waals surface area contributed by atoms with E-state index in [-0.39, 0.29) is 26.9 Å². The Morgan fingerprint density at radius 2 is 2.00 bits per heavy atom. The normalized spacial score (nSPS) is 15.5. The number of ether oxygens (including phenoxy) is 1. The number of thioether (sulfide) groups is 1. The van der Waals surface area contributed by atoms with Gasteiger partial charge in [-0.2, -0.15) is 0 Å². The van der Waals surface area contributed by atoms with Crippen LogP contribution in [0.25, 0.3) is 6.08 Å². The second-order valence-corrected chi connectivity index (χ2v) is 6.72. The maximum atomic E-state index is 12.7. The average molecular weight is 407 g/mol. The molecule has 0 aromatic heterocycles. The van der Waals surface area contributed by atoms with Crippen LogP contribution in [0.5, 0.6) is 11.5 Å². The Hall–Kier alpha value is -3.04. The van der Waals surface area contributed by atoms with Crippen LogP contribution in [0.15, 0.2) is 41.3 Å². The number of phenols is 1. The highest BCUT2D eigenvalue weighted by Gasteiger charge is 2.37. The first-order valence-electron chi connectivity index (χ1n) is 7.41. The van der Waals surface area contributed by atoms with Crippen LogP contribution < -0.4 is 9.64 Å². The highest BCUT2D eigenvalue weighted by Crippen LogP contribution is 2.41. The Morgan fingerprint density at radius 3 is 2.63 bits per heavy atom. The van der Waals surface area contributed by atoms with Crippen molar-refractivity contribution >= 4 is 52.0 Å². The van der Waals surface area contributed by atoms with E-state index in [9.17, 15) is 24.8 Å². The summed E-state index contributed by atoms with van der Waals surface area (Å²) in [4.78, 5) is 36.3. The maximum Gasteiger partial charge on any atom is 0.315 e. The number of rotatable bonds is 4. The van der Waals surface area contributed by atoms with E-state index < -0.39 is 27.5 Å². The molecule has 2 aromatic rings. The summed E-state index contributed by atoms with van der Waals surface area (Å²) in [5.74, 6) is -1.35. The van der Waals surface area contributed by atoms with E-state index in [1.165, 1.54) is 25.3 Å². The molecular weight excluding hydrogens is 396 g/mol. The molecule has 10 heteroatoms. The Morgan fingerprint density at radius 1 is 1.30 bits per heavy atom. The molecule has 0 atom stereocenters. The van der Waals surface area contributed by atoms with E-state index in [2.05, 4.69) is 0 Å². The van der Waals surface area contributed by atoms with Gasteiger partial charge in [-0.05, 0) is 41.6 Å². The number of amides is 2. The number of para-hydroxylation sites is 1. The zero-order chi connectivity index (χ0) is 19.7. The fourth-order valence-electron chi connectivity index (χ4n) is 2.45. The Kier molecular flexibility index (Phi) is 5.06. The number of aromatic hydroxyl groups is 1. The van der Waals surface area contributed by atoms with Crippen molar-refractivity contribution in [2.24, 2.45) is 0 Å². The molecule has 1 aliphatic rings. The Balaban J connectivity index is 2.03. The molecular formula is C17H11ClN2O6S. The van der Waals surface area contributed by atoms with Gasteiger partial charge >= 0.3 is 5.69 Å². The topological polar surface area (TPSA) is 110 Å². The van der Waals surface area contributed by atoms with Crippen molar-refractivity contribution in [3.05, 3.63) is 62.0 Å². The predicted octanol–water partition coefficient (Wildman–Crippen LogP) is 4.20. The molecule has 1 fully saturated rings. The number of hydrogen-bond donors (Lipinski definition) is 1. The van der Waals surface area contributed by atoms with Crippen LogP contribution in [0, 0.1) is 10.1 Å². The second kappa shape index (κ2) is 7.29. The monoisotopic (exact) mass is 406 g/mol. The molecule has 1 N–H and O–H groups in total. The molecule has 0 saturated carbocycles. The minimum absolute atomic E-state index is 0.0574. The second-order valence-electron chi connectivity index (χ2n) is 5.32. The van der Waals surface area contributed by atoms with E-state index in [0.29, 0.717) is 11.8 Å². The summed E-state index contributed by atoms with van der Waals surface area (Å²) in [5, 5.41) is 20.6. The van der Waals surface area contributed by atoms with Gasteiger partial charge in [0.2, 0.25) is 5.75 Å². The maximum absolute atomic E-state index is 12.7. The summed E-state index contributed by atoms with van der Waals surface area (Å²) in [6.45, 7) is 0. The number of carbonyl (C=O) groups is 2. The lowest BCUT2D eigenvalue weighted by Crippen LogP contribution is -2.27. The number of halogens is 1. The summed E-state index contributed by atoms with van der Waals surface area (Å²) in [6, 6.07) is 8.81. The fourth-order valence-corrected chi connectivity index (χ4v) is 3.51. The highest BCUT2D eigenvalue weighted by atomic mass is 35.5. The molecule has 0 unspecified atom stereocenters. The first kappa shape index (κ1) is 18.7. The molecule has 1 heterocycles. The van der Waals surface area contributed by atoms with Crippen molar-refractivity contribution in [2.75, 3.05) is 12.0 Å². The first-order chi connectivity index (χ1) is 12.8. The molecule has 138 valence electrons. The molecule has 8 nitrogen and oxygen atoms in total. The third kappa shape index (κ3) is 3.46. The van der Waals surface area contributed by atoms with Crippen molar-refractivity contribution in [3.8, 4) is 11.5 Å². The Bertz CT molecular complexity index is 1010. The molecule has 0 aliphatic carbocycles. The van der Waals surface area contributed by atoms with Gasteiger partial charge in [-0.3, -0.25) is 19.7 Å². The average Bonchev–Trinajstić information content (AvgIpc) is 2.90. The van der Waals surface area contributed by atoms with E-state index in [1.807, 2.05) is 0 Å². The van der Waals surface area contributed by atoms with Crippen molar-refractivity contribution in [1.29, 1.82) is 0 Å². The SMILES string of the molecule is COc1cc(/C=C2/SC(=O)N(c3ccccc3Cl)C2=O)cc([N+](=O)[O-])c1O. The van der Waals surface area contributed by atoms with Crippen LogP contribution in [0.3, 0.4) is 0 Å². The smallest absolute Gasteiger partial charge is 0.315 e. The fraction of sp³-hybridized carbons (Fsp3) is 0.0588. The van der Waals surface area contributed by atoms with Gasteiger partial charge in [0.25, 0.3) is 11.1 Å². The third-order valence-electron chi connectivity index (χ3n) is 3.68. The van der Waals surface area contributed by atoms with E-state index in [4.69, 9.17) is 16.3 Å². The molecule has 27 heavy (non-hydrogen) atoms. The minimum Gasteiger partial charge on any atom is -0.500 e. The zero-order valence-electron chi connectivity index (χ0n) is 13.7. The van der Waals surface area contributed by atoms with E-state index in [1.54, 1.807) is 18.2 Å². The summed E-state index contributed by atoms with van der Waals surface area (Å²) >= 11 is 6.74. The number of imide groups is 1. The lowest BCUT2D eigenvalue weighted by Gasteiger charge is -2.13. The van der Waals surface area contributed by atoms with Crippen molar-refractivity contribution in [2.45, 2.75) is 0 Å². The summed E-state index contributed by atoms with van der Waals surface area (Å²) in [5.41, 5.74) is -0.105. The number of phenolic OH excluding ortho intramolecular Hbond substituents is 1. The van der Waals surface area contributed by atoms with Crippen molar-refractivity contribution < 1.29 is 24.4 Å². The number of nitro benzene ring substituents is 1. The van der Waals surface area contributed by atoms with Gasteiger partial charge in [0, 0.05) is 6.07 Å². The van der Waals surface area contributed by atoms with Crippen LogP contribution >= 0.6 is 23.4 Å². The number of anilines is 1. The molecule has 1 saturated heterocycles. The van der Waals surface area contributed by atoms with Crippen molar-refractivity contribution in [1.82, 2.24) is 0 Å². The molecule has 2 amide bonds. The molecule has 2 aromatic carbocycles. The number of carbonyl (C=O) groups excluding carboxylic acids is 2. The number of methoxy groups -OCH3 is 1. The largest absolute Gasteiger partial charge is 0.500 e.